The Labute approximate surface area is 182 Å². The summed E-state index contributed by atoms with van der Waals surface area (Å²) in [5.74, 6) is 1.60. The van der Waals surface area contributed by atoms with Gasteiger partial charge >= 0.3 is 0 Å². The number of nitrogens with zero attached hydrogens (tertiary/aromatic N) is 4. The molecule has 0 spiro atoms. The maximum Gasteiger partial charge on any atom is 0.209 e. The molecule has 28 heavy (non-hydrogen) atoms. The highest BCUT2D eigenvalue weighted by atomic mass is 35.5. The number of nitrogens with one attached hydrogen (secondary N) is 1. The third-order valence-electron chi connectivity index (χ3n) is 3.83. The second kappa shape index (κ2) is 10.3. The van der Waals surface area contributed by atoms with Gasteiger partial charge in [0.15, 0.2) is 0 Å². The van der Waals surface area contributed by atoms with E-state index < -0.39 is 0 Å². The molecule has 0 unspecified atom stereocenters. The van der Waals surface area contributed by atoms with Crippen molar-refractivity contribution >= 4 is 46.6 Å². The number of aryl methyl sites for hydroxylation is 1. The number of tetrazole rings is 1. The van der Waals surface area contributed by atoms with Crippen molar-refractivity contribution < 1.29 is 4.74 Å². The van der Waals surface area contributed by atoms with Gasteiger partial charge in [-0.25, -0.2) is 4.68 Å². The van der Waals surface area contributed by atoms with Crippen molar-refractivity contribution in [2.24, 2.45) is 7.05 Å². The molecule has 1 N–H and O–H groups in total. The fourth-order valence-corrected chi connectivity index (χ4v) is 3.81. The predicted octanol–water partition coefficient (Wildman–Crippen LogP) is 4.63. The van der Waals surface area contributed by atoms with E-state index >= 15 is 0 Å². The van der Waals surface area contributed by atoms with Crippen molar-refractivity contribution in [1.29, 1.82) is 0 Å². The summed E-state index contributed by atoms with van der Waals surface area (Å²) in [6.45, 7) is 1.76. The molecule has 1 aromatic heterocycles. The minimum Gasteiger partial charge on any atom is -0.489 e. The Kier molecular flexibility index (Phi) is 7.82. The number of benzene rings is 2. The zero-order chi connectivity index (χ0) is 19.9. The fourth-order valence-electron chi connectivity index (χ4n) is 2.40. The van der Waals surface area contributed by atoms with E-state index in [0.29, 0.717) is 28.2 Å². The molecule has 0 fully saturated rings. The van der Waals surface area contributed by atoms with Crippen LogP contribution in [0.2, 0.25) is 15.1 Å². The molecule has 0 aliphatic heterocycles. The van der Waals surface area contributed by atoms with Crippen molar-refractivity contribution in [3.63, 3.8) is 0 Å². The molecule has 6 nitrogen and oxygen atoms in total. The topological polar surface area (TPSA) is 64.9 Å². The normalized spacial score (nSPS) is 11.0. The smallest absolute Gasteiger partial charge is 0.209 e. The molecule has 0 saturated heterocycles. The van der Waals surface area contributed by atoms with Crippen molar-refractivity contribution in [3.8, 4) is 5.75 Å². The molecule has 2 aromatic carbocycles. The first-order chi connectivity index (χ1) is 13.5. The summed E-state index contributed by atoms with van der Waals surface area (Å²) in [4.78, 5) is 0. The first-order valence-corrected chi connectivity index (χ1v) is 10.6. The van der Waals surface area contributed by atoms with Crippen LogP contribution in [0.15, 0.2) is 41.6 Å². The van der Waals surface area contributed by atoms with Crippen molar-refractivity contribution in [3.05, 3.63) is 62.6 Å². The molecule has 0 radical (unpaired) electrons. The summed E-state index contributed by atoms with van der Waals surface area (Å²) >= 11 is 19.9. The van der Waals surface area contributed by atoms with Gasteiger partial charge in [-0.3, -0.25) is 0 Å². The average molecular weight is 459 g/mol. The highest BCUT2D eigenvalue weighted by Gasteiger charge is 2.08. The lowest BCUT2D eigenvalue weighted by molar-refractivity contribution is 0.302. The van der Waals surface area contributed by atoms with Crippen LogP contribution in [0.5, 0.6) is 5.75 Å². The monoisotopic (exact) mass is 457 g/mol. The van der Waals surface area contributed by atoms with Crippen LogP contribution in [0, 0.1) is 0 Å². The van der Waals surface area contributed by atoms with Gasteiger partial charge in [0.05, 0.1) is 0 Å². The van der Waals surface area contributed by atoms with Crippen LogP contribution in [-0.2, 0) is 20.2 Å². The molecule has 0 saturated carbocycles. The lowest BCUT2D eigenvalue weighted by Crippen LogP contribution is -2.17. The third-order valence-corrected chi connectivity index (χ3v) is 5.66. The molecule has 0 amide bonds. The number of rotatable bonds is 9. The summed E-state index contributed by atoms with van der Waals surface area (Å²) in [7, 11) is 1.82. The van der Waals surface area contributed by atoms with E-state index in [4.69, 9.17) is 39.5 Å². The van der Waals surface area contributed by atoms with Crippen LogP contribution in [-0.4, -0.2) is 32.5 Å². The molecular weight excluding hydrogens is 441 g/mol. The Morgan fingerprint density at radius 2 is 1.86 bits per heavy atom. The second-order valence-corrected chi connectivity index (χ2v) is 8.23. The van der Waals surface area contributed by atoms with Crippen molar-refractivity contribution in [2.45, 2.75) is 18.3 Å². The van der Waals surface area contributed by atoms with Gasteiger partial charge in [0, 0.05) is 52.1 Å². The minimum absolute atomic E-state index is 0.347. The molecule has 0 atom stereocenters. The van der Waals surface area contributed by atoms with Gasteiger partial charge in [0.25, 0.3) is 0 Å². The van der Waals surface area contributed by atoms with Gasteiger partial charge < -0.3 is 10.1 Å². The molecular formula is C18H18Cl3N5OS. The van der Waals surface area contributed by atoms with E-state index in [1.807, 2.05) is 25.2 Å². The Balaban J connectivity index is 1.54. The number of ether oxygens (including phenoxy) is 1. The lowest BCUT2D eigenvalue weighted by atomic mass is 10.2. The van der Waals surface area contributed by atoms with E-state index in [0.717, 1.165) is 34.3 Å². The zero-order valence-electron chi connectivity index (χ0n) is 15.0. The van der Waals surface area contributed by atoms with Crippen LogP contribution in [0.25, 0.3) is 0 Å². The molecule has 1 heterocycles. The standard InChI is InChI=1S/C18H18Cl3N5OS/c1-26-18(23-24-25-26)28-7-6-22-10-13-8-14(19)4-5-17(13)27-11-12-2-3-15(20)9-16(12)21/h2-5,8-9,22H,6-7,10-11H2,1H3. The van der Waals surface area contributed by atoms with E-state index in [-0.39, 0.29) is 0 Å². The van der Waals surface area contributed by atoms with Crippen molar-refractivity contribution in [1.82, 2.24) is 25.5 Å². The number of aromatic nitrogens is 4. The van der Waals surface area contributed by atoms with Gasteiger partial charge in [-0.05, 0) is 40.8 Å². The third kappa shape index (κ3) is 5.99. The Morgan fingerprint density at radius 1 is 1.07 bits per heavy atom. The summed E-state index contributed by atoms with van der Waals surface area (Å²) in [6, 6.07) is 10.9. The average Bonchev–Trinajstić information content (AvgIpc) is 3.07. The van der Waals surface area contributed by atoms with Crippen LogP contribution < -0.4 is 10.1 Å². The molecule has 0 aliphatic carbocycles. The maximum absolute atomic E-state index is 6.22. The molecule has 148 valence electrons. The number of thioether (sulfide) groups is 1. The second-order valence-electron chi connectivity index (χ2n) is 5.89. The largest absolute Gasteiger partial charge is 0.489 e. The quantitative estimate of drug-likeness (QED) is 0.372. The molecule has 10 heteroatoms. The number of halogens is 3. The summed E-state index contributed by atoms with van der Waals surface area (Å²) in [5, 5.41) is 17.4. The van der Waals surface area contributed by atoms with Crippen LogP contribution in [0.1, 0.15) is 11.1 Å². The minimum atomic E-state index is 0.347. The number of hydrogen-bond acceptors (Lipinski definition) is 6. The first-order valence-electron chi connectivity index (χ1n) is 8.44. The Bertz CT molecular complexity index is 937. The van der Waals surface area contributed by atoms with Gasteiger partial charge in [0.1, 0.15) is 12.4 Å². The lowest BCUT2D eigenvalue weighted by Gasteiger charge is -2.13. The first kappa shape index (κ1) is 21.2. The maximum atomic E-state index is 6.22. The molecule has 0 bridgehead atoms. The van der Waals surface area contributed by atoms with Gasteiger partial charge in [-0.15, -0.1) is 5.10 Å². The predicted molar refractivity (Wildman–Crippen MR) is 113 cm³/mol. The summed E-state index contributed by atoms with van der Waals surface area (Å²) < 4.78 is 7.62. The number of hydrogen-bond donors (Lipinski definition) is 1. The van der Waals surface area contributed by atoms with E-state index in [2.05, 4.69) is 20.8 Å². The fraction of sp³-hybridized carbons (Fsp3) is 0.278. The van der Waals surface area contributed by atoms with Crippen molar-refractivity contribution in [2.75, 3.05) is 12.3 Å². The highest BCUT2D eigenvalue weighted by molar-refractivity contribution is 7.99. The Morgan fingerprint density at radius 3 is 2.61 bits per heavy atom. The van der Waals surface area contributed by atoms with Crippen LogP contribution >= 0.6 is 46.6 Å². The van der Waals surface area contributed by atoms with Gasteiger partial charge in [-0.1, -0.05) is 52.6 Å². The molecule has 0 aliphatic rings. The summed E-state index contributed by atoms with van der Waals surface area (Å²) in [6.07, 6.45) is 0. The van der Waals surface area contributed by atoms with Crippen LogP contribution in [0.3, 0.4) is 0 Å². The molecule has 3 aromatic rings. The zero-order valence-corrected chi connectivity index (χ0v) is 18.1. The highest BCUT2D eigenvalue weighted by Crippen LogP contribution is 2.26. The molecule has 3 rings (SSSR count). The van der Waals surface area contributed by atoms with Crippen LogP contribution in [0.4, 0.5) is 0 Å². The SMILES string of the molecule is Cn1nnnc1SCCNCc1cc(Cl)ccc1OCc1ccc(Cl)cc1Cl. The summed E-state index contributed by atoms with van der Waals surface area (Å²) in [5.41, 5.74) is 1.84. The van der Waals surface area contributed by atoms with Gasteiger partial charge in [0.2, 0.25) is 5.16 Å². The Hall–Kier alpha value is -1.51. The van der Waals surface area contributed by atoms with Gasteiger partial charge in [-0.2, -0.15) is 0 Å². The van der Waals surface area contributed by atoms with E-state index in [9.17, 15) is 0 Å². The van der Waals surface area contributed by atoms with E-state index in [1.54, 1.807) is 34.6 Å². The van der Waals surface area contributed by atoms with E-state index in [1.165, 1.54) is 0 Å².